The van der Waals surface area contributed by atoms with E-state index in [2.05, 4.69) is 10.1 Å². The van der Waals surface area contributed by atoms with E-state index in [1.54, 1.807) is 11.0 Å². The molecule has 1 atom stereocenters. The van der Waals surface area contributed by atoms with Crippen LogP contribution >= 0.6 is 0 Å². The van der Waals surface area contributed by atoms with Crippen LogP contribution in [0.2, 0.25) is 0 Å². The molecule has 2 heterocycles. The summed E-state index contributed by atoms with van der Waals surface area (Å²) in [4.78, 5) is 28.8. The Morgan fingerprint density at radius 2 is 1.82 bits per heavy atom. The number of nitrogens with one attached hydrogen (secondary N) is 1. The van der Waals surface area contributed by atoms with Crippen molar-refractivity contribution in [1.29, 1.82) is 0 Å². The van der Waals surface area contributed by atoms with Gasteiger partial charge in [-0.05, 0) is 37.8 Å². The number of likely N-dealkylation sites (tertiary alicyclic amines) is 2. The lowest BCUT2D eigenvalue weighted by molar-refractivity contribution is -0.121. The zero-order chi connectivity index (χ0) is 20.1. The molecule has 1 aromatic rings. The first-order valence-corrected chi connectivity index (χ1v) is 9.45. The molecule has 0 saturated carbocycles. The first-order chi connectivity index (χ1) is 13.5. The molecule has 3 rings (SSSR count). The number of carbonyl (C=O) groups excluding carboxylic acids is 2. The van der Waals surface area contributed by atoms with Gasteiger partial charge in [0.05, 0.1) is 13.0 Å². The molecule has 9 heteroatoms. The van der Waals surface area contributed by atoms with E-state index < -0.39 is 6.61 Å². The molecule has 7 nitrogen and oxygen atoms in total. The average molecular weight is 397 g/mol. The van der Waals surface area contributed by atoms with E-state index in [4.69, 9.17) is 4.74 Å². The van der Waals surface area contributed by atoms with Gasteiger partial charge >= 0.3 is 12.6 Å². The Labute approximate surface area is 162 Å². The fourth-order valence-corrected chi connectivity index (χ4v) is 3.66. The number of carbonyl (C=O) groups is 2. The number of benzene rings is 1. The lowest BCUT2D eigenvalue weighted by Gasteiger charge is -2.34. The average Bonchev–Trinajstić information content (AvgIpc) is 3.22. The molecule has 1 aromatic carbocycles. The number of anilines is 1. The molecule has 2 fully saturated rings. The number of hydrogen-bond donors (Lipinski definition) is 1. The van der Waals surface area contributed by atoms with Crippen LogP contribution in [-0.2, 0) is 4.79 Å². The van der Waals surface area contributed by atoms with E-state index in [9.17, 15) is 18.4 Å². The van der Waals surface area contributed by atoms with Crippen molar-refractivity contribution >= 4 is 17.6 Å². The van der Waals surface area contributed by atoms with Crippen molar-refractivity contribution in [2.45, 2.75) is 32.3 Å². The van der Waals surface area contributed by atoms with Crippen molar-refractivity contribution in [2.24, 2.45) is 5.92 Å². The largest absolute Gasteiger partial charge is 0.493 e. The highest BCUT2D eigenvalue weighted by Gasteiger charge is 2.31. The predicted octanol–water partition coefficient (Wildman–Crippen LogP) is 3.16. The van der Waals surface area contributed by atoms with Gasteiger partial charge in [-0.15, -0.1) is 0 Å². The lowest BCUT2D eigenvalue weighted by Crippen LogP contribution is -2.48. The summed E-state index contributed by atoms with van der Waals surface area (Å²) in [5.74, 6) is -0.586. The monoisotopic (exact) mass is 397 g/mol. The summed E-state index contributed by atoms with van der Waals surface area (Å²) < 4.78 is 34.6. The normalized spacial score (nSPS) is 19.6. The van der Waals surface area contributed by atoms with E-state index in [1.807, 2.05) is 4.90 Å². The fourth-order valence-electron chi connectivity index (χ4n) is 3.66. The maximum Gasteiger partial charge on any atom is 0.387 e. The number of halogens is 2. The van der Waals surface area contributed by atoms with Gasteiger partial charge in [-0.1, -0.05) is 0 Å². The maximum atomic E-state index is 12.7. The van der Waals surface area contributed by atoms with Gasteiger partial charge in [-0.2, -0.15) is 8.78 Å². The molecule has 0 aromatic heterocycles. The Kier molecular flexibility index (Phi) is 6.53. The van der Waals surface area contributed by atoms with E-state index in [-0.39, 0.29) is 29.4 Å². The van der Waals surface area contributed by atoms with Crippen molar-refractivity contribution in [3.63, 3.8) is 0 Å². The van der Waals surface area contributed by atoms with Gasteiger partial charge in [-0.3, -0.25) is 4.79 Å². The minimum atomic E-state index is -3.00. The zero-order valence-electron chi connectivity index (χ0n) is 15.8. The molecule has 28 heavy (non-hydrogen) atoms. The van der Waals surface area contributed by atoms with E-state index in [1.165, 1.54) is 19.2 Å². The topological polar surface area (TPSA) is 71.1 Å². The molecular formula is C19H25F2N3O4. The van der Waals surface area contributed by atoms with Crippen LogP contribution in [-0.4, -0.2) is 61.6 Å². The van der Waals surface area contributed by atoms with Crippen LogP contribution in [0, 0.1) is 5.92 Å². The standard InChI is InChI=1S/C19H25F2N3O4/c1-27-15-7-6-14(11-16(15)28-18(20)21)22-17(25)13-5-4-10-24(12-13)19(26)23-8-2-3-9-23/h6-7,11,13,18H,2-5,8-10,12H2,1H3,(H,22,25)/t13-/m1/s1. The first kappa shape index (κ1) is 20.2. The highest BCUT2D eigenvalue weighted by Crippen LogP contribution is 2.32. The van der Waals surface area contributed by atoms with Crippen LogP contribution in [0.4, 0.5) is 19.3 Å². The molecule has 1 N–H and O–H groups in total. The molecule has 0 unspecified atom stereocenters. The Hall–Kier alpha value is -2.58. The summed E-state index contributed by atoms with van der Waals surface area (Å²) in [5, 5.41) is 2.73. The van der Waals surface area contributed by atoms with E-state index in [0.29, 0.717) is 25.2 Å². The summed E-state index contributed by atoms with van der Waals surface area (Å²) in [6, 6.07) is 4.31. The van der Waals surface area contributed by atoms with Crippen molar-refractivity contribution in [3.05, 3.63) is 18.2 Å². The number of rotatable bonds is 5. The molecule has 2 aliphatic heterocycles. The Bertz CT molecular complexity index is 710. The molecule has 154 valence electrons. The smallest absolute Gasteiger partial charge is 0.387 e. The number of piperidine rings is 1. The van der Waals surface area contributed by atoms with Crippen LogP contribution in [0.1, 0.15) is 25.7 Å². The quantitative estimate of drug-likeness (QED) is 0.829. The molecule has 2 saturated heterocycles. The molecule has 0 bridgehead atoms. The Morgan fingerprint density at radius 1 is 1.11 bits per heavy atom. The predicted molar refractivity (Wildman–Crippen MR) is 98.8 cm³/mol. The summed E-state index contributed by atoms with van der Waals surface area (Å²) in [6.45, 7) is -0.454. The summed E-state index contributed by atoms with van der Waals surface area (Å²) in [5.41, 5.74) is 0.337. The number of ether oxygens (including phenoxy) is 2. The maximum absolute atomic E-state index is 12.7. The fraction of sp³-hybridized carbons (Fsp3) is 0.579. The highest BCUT2D eigenvalue weighted by molar-refractivity contribution is 5.93. The van der Waals surface area contributed by atoms with Crippen LogP contribution in [0.15, 0.2) is 18.2 Å². The zero-order valence-corrected chi connectivity index (χ0v) is 15.8. The van der Waals surface area contributed by atoms with Gasteiger partial charge in [0.15, 0.2) is 11.5 Å². The SMILES string of the molecule is COc1ccc(NC(=O)[C@@H]2CCCN(C(=O)N3CCCC3)C2)cc1OC(F)F. The molecule has 0 spiro atoms. The number of nitrogens with zero attached hydrogens (tertiary/aromatic N) is 2. The van der Waals surface area contributed by atoms with Crippen molar-refractivity contribution < 1.29 is 27.8 Å². The van der Waals surface area contributed by atoms with Crippen LogP contribution < -0.4 is 14.8 Å². The lowest BCUT2D eigenvalue weighted by atomic mass is 9.97. The number of amides is 3. The molecule has 3 amide bonds. The van der Waals surface area contributed by atoms with Gasteiger partial charge in [0, 0.05) is 37.9 Å². The van der Waals surface area contributed by atoms with Gasteiger partial charge in [-0.25, -0.2) is 4.79 Å². The van der Waals surface area contributed by atoms with Crippen molar-refractivity contribution in [3.8, 4) is 11.5 Å². The third-order valence-corrected chi connectivity index (χ3v) is 5.09. The van der Waals surface area contributed by atoms with E-state index in [0.717, 1.165) is 32.4 Å². The van der Waals surface area contributed by atoms with Crippen molar-refractivity contribution in [1.82, 2.24) is 9.80 Å². The van der Waals surface area contributed by atoms with Gasteiger partial charge in [0.1, 0.15) is 0 Å². The molecule has 0 aliphatic carbocycles. The van der Waals surface area contributed by atoms with Gasteiger partial charge in [0.25, 0.3) is 0 Å². The summed E-state index contributed by atoms with van der Waals surface area (Å²) in [7, 11) is 1.35. The third-order valence-electron chi connectivity index (χ3n) is 5.09. The van der Waals surface area contributed by atoms with E-state index >= 15 is 0 Å². The summed E-state index contributed by atoms with van der Waals surface area (Å²) >= 11 is 0. The Morgan fingerprint density at radius 3 is 2.50 bits per heavy atom. The van der Waals surface area contributed by atoms with Gasteiger partial charge < -0.3 is 24.6 Å². The van der Waals surface area contributed by atoms with Crippen molar-refractivity contribution in [2.75, 3.05) is 38.6 Å². The number of alkyl halides is 2. The van der Waals surface area contributed by atoms with Gasteiger partial charge in [0.2, 0.25) is 5.91 Å². The second-order valence-electron chi connectivity index (χ2n) is 7.00. The second-order valence-corrected chi connectivity index (χ2v) is 7.00. The number of hydrogen-bond acceptors (Lipinski definition) is 4. The second kappa shape index (κ2) is 9.07. The number of methoxy groups -OCH3 is 1. The van der Waals surface area contributed by atoms with Crippen LogP contribution in [0.25, 0.3) is 0 Å². The number of urea groups is 1. The molecule has 2 aliphatic rings. The molecule has 0 radical (unpaired) electrons. The minimum Gasteiger partial charge on any atom is -0.493 e. The third kappa shape index (κ3) is 4.82. The van der Waals surface area contributed by atoms with Crippen LogP contribution in [0.5, 0.6) is 11.5 Å². The highest BCUT2D eigenvalue weighted by atomic mass is 19.3. The summed E-state index contributed by atoms with van der Waals surface area (Å²) in [6.07, 6.45) is 3.46. The first-order valence-electron chi connectivity index (χ1n) is 9.45. The molecular weight excluding hydrogens is 372 g/mol. The Balaban J connectivity index is 1.63. The minimum absolute atomic E-state index is 0.00735. The van der Waals surface area contributed by atoms with Crippen LogP contribution in [0.3, 0.4) is 0 Å².